The van der Waals surface area contributed by atoms with Gasteiger partial charge in [-0.15, -0.1) is 0 Å². The number of benzene rings is 1. The van der Waals surface area contributed by atoms with Crippen molar-refractivity contribution in [2.45, 2.75) is 33.6 Å². The van der Waals surface area contributed by atoms with Crippen LogP contribution in [0.15, 0.2) is 24.4 Å². The fraction of sp³-hybridized carbons (Fsp3) is 0.316. The van der Waals surface area contributed by atoms with Crippen LogP contribution in [0.25, 0.3) is 10.9 Å². The Morgan fingerprint density at radius 3 is 2.76 bits per heavy atom. The summed E-state index contributed by atoms with van der Waals surface area (Å²) in [4.78, 5) is 30.0. The lowest BCUT2D eigenvalue weighted by Crippen LogP contribution is -2.20. The van der Waals surface area contributed by atoms with Crippen LogP contribution in [0.1, 0.15) is 40.7 Å². The van der Waals surface area contributed by atoms with Gasteiger partial charge in [-0.1, -0.05) is 25.1 Å². The van der Waals surface area contributed by atoms with Gasteiger partial charge in [-0.05, 0) is 31.7 Å². The number of aryl methyl sites for hydroxylation is 2. The molecule has 126 valence electrons. The quantitative estimate of drug-likeness (QED) is 0.772. The predicted octanol–water partition coefficient (Wildman–Crippen LogP) is 3.55. The van der Waals surface area contributed by atoms with Crippen LogP contribution in [-0.2, 0) is 6.42 Å². The Hall–Kier alpha value is -2.89. The van der Waals surface area contributed by atoms with Gasteiger partial charge in [0, 0.05) is 18.0 Å². The molecule has 4 rings (SSSR count). The molecule has 2 aromatic heterocycles. The third-order valence-electron chi connectivity index (χ3n) is 4.59. The number of Topliss-reactive ketones (excluding diaryl/α,β-unsaturated/α-hetero) is 1. The van der Waals surface area contributed by atoms with Crippen molar-refractivity contribution in [1.29, 1.82) is 0 Å². The standard InChI is InChI=1S/C19H19N5O/c1-10-7-15-14(16(25)8-10)9-20-18(22-15)24-19-21-12(3)13-6-4-5-11(2)17(13)23-19/h4-6,9-10H,7-8H2,1-3H3,(H,20,21,22,23,24)/t10-/m1/s1. The van der Waals surface area contributed by atoms with Crippen molar-refractivity contribution in [2.24, 2.45) is 5.92 Å². The molecule has 1 aliphatic carbocycles. The maximum atomic E-state index is 12.1. The first-order chi connectivity index (χ1) is 12.0. The molecule has 3 aromatic rings. The Morgan fingerprint density at radius 2 is 1.92 bits per heavy atom. The van der Waals surface area contributed by atoms with E-state index in [2.05, 4.69) is 32.2 Å². The zero-order valence-corrected chi connectivity index (χ0v) is 14.5. The van der Waals surface area contributed by atoms with Crippen molar-refractivity contribution in [3.8, 4) is 0 Å². The molecular formula is C19H19N5O. The third-order valence-corrected chi connectivity index (χ3v) is 4.59. The Morgan fingerprint density at radius 1 is 1.08 bits per heavy atom. The highest BCUT2D eigenvalue weighted by Gasteiger charge is 2.24. The minimum Gasteiger partial charge on any atom is -0.294 e. The van der Waals surface area contributed by atoms with E-state index in [1.807, 2.05) is 32.0 Å². The van der Waals surface area contributed by atoms with Crippen LogP contribution >= 0.6 is 0 Å². The van der Waals surface area contributed by atoms with E-state index in [0.29, 0.717) is 29.8 Å². The number of ketones is 1. The van der Waals surface area contributed by atoms with E-state index in [1.165, 1.54) is 0 Å². The Labute approximate surface area is 145 Å². The lowest BCUT2D eigenvalue weighted by atomic mass is 9.88. The van der Waals surface area contributed by atoms with E-state index in [9.17, 15) is 4.79 Å². The number of para-hydroxylation sites is 1. The molecule has 25 heavy (non-hydrogen) atoms. The predicted molar refractivity (Wildman–Crippen MR) is 96.1 cm³/mol. The van der Waals surface area contributed by atoms with Crippen LogP contribution in [0.5, 0.6) is 0 Å². The number of carbonyl (C=O) groups is 1. The summed E-state index contributed by atoms with van der Waals surface area (Å²) in [5.74, 6) is 1.32. The monoisotopic (exact) mass is 333 g/mol. The van der Waals surface area contributed by atoms with Crippen LogP contribution in [0.4, 0.5) is 11.9 Å². The number of rotatable bonds is 2. The second-order valence-electron chi connectivity index (χ2n) is 6.72. The molecule has 0 spiro atoms. The number of fused-ring (bicyclic) bond motifs is 2. The molecule has 1 atom stereocenters. The molecule has 1 N–H and O–H groups in total. The first kappa shape index (κ1) is 15.6. The molecular weight excluding hydrogens is 314 g/mol. The largest absolute Gasteiger partial charge is 0.294 e. The van der Waals surface area contributed by atoms with Crippen LogP contribution in [0, 0.1) is 19.8 Å². The van der Waals surface area contributed by atoms with Crippen molar-refractivity contribution in [3.05, 3.63) is 46.9 Å². The number of nitrogens with one attached hydrogen (secondary N) is 1. The molecule has 0 saturated carbocycles. The maximum Gasteiger partial charge on any atom is 0.230 e. The van der Waals surface area contributed by atoms with Gasteiger partial charge >= 0.3 is 0 Å². The Balaban J connectivity index is 1.71. The fourth-order valence-corrected chi connectivity index (χ4v) is 3.30. The van der Waals surface area contributed by atoms with Gasteiger partial charge in [0.15, 0.2) is 5.78 Å². The number of hydrogen-bond acceptors (Lipinski definition) is 6. The maximum absolute atomic E-state index is 12.1. The number of aromatic nitrogens is 4. The Bertz CT molecular complexity index is 999. The van der Waals surface area contributed by atoms with Crippen LogP contribution in [-0.4, -0.2) is 25.7 Å². The number of nitrogens with zero attached hydrogens (tertiary/aromatic N) is 4. The normalized spacial score (nSPS) is 16.8. The van der Waals surface area contributed by atoms with Crippen molar-refractivity contribution in [2.75, 3.05) is 5.32 Å². The topological polar surface area (TPSA) is 80.7 Å². The highest BCUT2D eigenvalue weighted by atomic mass is 16.1. The van der Waals surface area contributed by atoms with E-state index < -0.39 is 0 Å². The molecule has 0 bridgehead atoms. The van der Waals surface area contributed by atoms with Crippen molar-refractivity contribution < 1.29 is 4.79 Å². The molecule has 1 aromatic carbocycles. The summed E-state index contributed by atoms with van der Waals surface area (Å²) in [6.45, 7) is 6.05. The summed E-state index contributed by atoms with van der Waals surface area (Å²) in [6.07, 6.45) is 2.96. The molecule has 6 nitrogen and oxygen atoms in total. The van der Waals surface area contributed by atoms with E-state index >= 15 is 0 Å². The molecule has 6 heteroatoms. The molecule has 1 aliphatic rings. The number of carbonyl (C=O) groups excluding carboxylic acids is 1. The average Bonchev–Trinajstić information content (AvgIpc) is 2.55. The first-order valence-corrected chi connectivity index (χ1v) is 8.41. The zero-order valence-electron chi connectivity index (χ0n) is 14.5. The number of hydrogen-bond donors (Lipinski definition) is 1. The first-order valence-electron chi connectivity index (χ1n) is 8.41. The SMILES string of the molecule is Cc1nc(Nc2ncc3c(n2)C[C@@H](C)CC3=O)nc2c(C)cccc12. The van der Waals surface area contributed by atoms with Crippen LogP contribution in [0.3, 0.4) is 0 Å². The molecule has 0 unspecified atom stereocenters. The van der Waals surface area contributed by atoms with Gasteiger partial charge in [0.2, 0.25) is 11.9 Å². The van der Waals surface area contributed by atoms with E-state index in [-0.39, 0.29) is 5.78 Å². The van der Waals surface area contributed by atoms with Crippen molar-refractivity contribution >= 4 is 28.6 Å². The van der Waals surface area contributed by atoms with Gasteiger partial charge in [0.1, 0.15) is 0 Å². The van der Waals surface area contributed by atoms with Gasteiger partial charge in [0.05, 0.1) is 22.5 Å². The molecule has 0 radical (unpaired) electrons. The molecule has 0 amide bonds. The Kier molecular flexibility index (Phi) is 3.67. The number of anilines is 2. The van der Waals surface area contributed by atoms with Crippen molar-refractivity contribution in [1.82, 2.24) is 19.9 Å². The minimum absolute atomic E-state index is 0.119. The molecule has 0 saturated heterocycles. The highest BCUT2D eigenvalue weighted by Crippen LogP contribution is 2.25. The van der Waals surface area contributed by atoms with E-state index in [1.54, 1.807) is 6.20 Å². The summed E-state index contributed by atoms with van der Waals surface area (Å²) >= 11 is 0. The van der Waals surface area contributed by atoms with E-state index in [4.69, 9.17) is 0 Å². The van der Waals surface area contributed by atoms with Crippen LogP contribution < -0.4 is 5.32 Å². The lowest BCUT2D eigenvalue weighted by Gasteiger charge is -2.19. The summed E-state index contributed by atoms with van der Waals surface area (Å²) < 4.78 is 0. The minimum atomic E-state index is 0.119. The van der Waals surface area contributed by atoms with Crippen molar-refractivity contribution in [3.63, 3.8) is 0 Å². The van der Waals surface area contributed by atoms with Gasteiger partial charge in [0.25, 0.3) is 0 Å². The van der Waals surface area contributed by atoms with E-state index in [0.717, 1.165) is 34.3 Å². The fourth-order valence-electron chi connectivity index (χ4n) is 3.30. The second-order valence-corrected chi connectivity index (χ2v) is 6.72. The summed E-state index contributed by atoms with van der Waals surface area (Å²) in [7, 11) is 0. The van der Waals surface area contributed by atoms with Crippen LogP contribution in [0.2, 0.25) is 0 Å². The molecule has 2 heterocycles. The lowest BCUT2D eigenvalue weighted by molar-refractivity contribution is 0.0951. The highest BCUT2D eigenvalue weighted by molar-refractivity contribution is 5.98. The summed E-state index contributed by atoms with van der Waals surface area (Å²) in [5, 5.41) is 4.13. The average molecular weight is 333 g/mol. The van der Waals surface area contributed by atoms with Gasteiger partial charge in [-0.2, -0.15) is 0 Å². The third kappa shape index (κ3) is 2.84. The smallest absolute Gasteiger partial charge is 0.230 e. The summed E-state index contributed by atoms with van der Waals surface area (Å²) in [6, 6.07) is 6.05. The van der Waals surface area contributed by atoms with Gasteiger partial charge in [-0.3, -0.25) is 10.1 Å². The second kappa shape index (κ2) is 5.88. The molecule has 0 aliphatic heterocycles. The summed E-state index contributed by atoms with van der Waals surface area (Å²) in [5.41, 5.74) is 4.35. The van der Waals surface area contributed by atoms with Gasteiger partial charge in [-0.25, -0.2) is 19.9 Å². The molecule has 0 fully saturated rings. The van der Waals surface area contributed by atoms with Gasteiger partial charge < -0.3 is 0 Å². The zero-order chi connectivity index (χ0) is 17.6.